The number of hydrogen-bond donors (Lipinski definition) is 0. The predicted octanol–water partition coefficient (Wildman–Crippen LogP) is 7.12. The smallest absolute Gasteiger partial charge is 0.419 e. The molecule has 2 nitrogen and oxygen atoms in total. The quantitative estimate of drug-likeness (QED) is 0.456. The molecule has 0 radical (unpaired) electrons. The van der Waals surface area contributed by atoms with Crippen LogP contribution in [0.4, 0.5) is 13.2 Å². The minimum absolute atomic E-state index is 0.0251. The molecular formula is C25H29F3O2. The minimum atomic E-state index is -4.49. The number of aryl methyl sites for hydroxylation is 2. The van der Waals surface area contributed by atoms with E-state index in [1.807, 2.05) is 39.0 Å². The van der Waals surface area contributed by atoms with Crippen LogP contribution in [0.5, 0.6) is 5.75 Å². The van der Waals surface area contributed by atoms with Crippen molar-refractivity contribution in [2.24, 2.45) is 0 Å². The van der Waals surface area contributed by atoms with E-state index in [-0.39, 0.29) is 24.1 Å². The molecule has 1 aliphatic rings. The Hall–Kier alpha value is -2.30. The fraction of sp³-hybridized carbons (Fsp3) is 0.480. The van der Waals surface area contributed by atoms with Crippen LogP contribution in [0.25, 0.3) is 0 Å². The van der Waals surface area contributed by atoms with Crippen LogP contribution in [0.2, 0.25) is 0 Å². The summed E-state index contributed by atoms with van der Waals surface area (Å²) in [7, 11) is 0. The highest BCUT2D eigenvalue weighted by Crippen LogP contribution is 2.44. The number of halogens is 3. The predicted molar refractivity (Wildman–Crippen MR) is 112 cm³/mol. The number of carbonyl (C=O) groups excluding carboxylic acids is 1. The van der Waals surface area contributed by atoms with E-state index in [9.17, 15) is 18.0 Å². The van der Waals surface area contributed by atoms with Crippen molar-refractivity contribution in [3.8, 4) is 5.75 Å². The van der Waals surface area contributed by atoms with Gasteiger partial charge < -0.3 is 4.74 Å². The molecule has 1 unspecified atom stereocenters. The molecule has 0 aliphatic heterocycles. The molecule has 0 saturated heterocycles. The monoisotopic (exact) mass is 418 g/mol. The number of hydrogen-bond acceptors (Lipinski definition) is 2. The molecule has 2 aromatic carbocycles. The average Bonchev–Trinajstić information content (AvgIpc) is 3.55. The van der Waals surface area contributed by atoms with Crippen LogP contribution in [-0.4, -0.2) is 5.78 Å². The topological polar surface area (TPSA) is 26.3 Å². The first kappa shape index (κ1) is 22.4. The Balaban J connectivity index is 2.00. The van der Waals surface area contributed by atoms with Crippen LogP contribution >= 0.6 is 0 Å². The fourth-order valence-electron chi connectivity index (χ4n) is 4.05. The molecule has 0 bridgehead atoms. The third-order valence-electron chi connectivity index (χ3n) is 6.06. The van der Waals surface area contributed by atoms with Crippen molar-refractivity contribution in [3.63, 3.8) is 0 Å². The second kappa shape index (κ2) is 8.83. The molecule has 0 spiro atoms. The van der Waals surface area contributed by atoms with Gasteiger partial charge in [0.25, 0.3) is 0 Å². The molecule has 1 aliphatic carbocycles. The lowest BCUT2D eigenvalue weighted by molar-refractivity contribution is -0.139. The van der Waals surface area contributed by atoms with Crippen molar-refractivity contribution in [1.82, 2.24) is 0 Å². The van der Waals surface area contributed by atoms with Crippen molar-refractivity contribution in [3.05, 3.63) is 63.7 Å². The number of rotatable bonds is 8. The second-order valence-corrected chi connectivity index (χ2v) is 8.15. The second-order valence-electron chi connectivity index (χ2n) is 8.15. The van der Waals surface area contributed by atoms with E-state index in [2.05, 4.69) is 0 Å². The molecule has 0 aromatic heterocycles. The first-order valence-electron chi connectivity index (χ1n) is 10.6. The van der Waals surface area contributed by atoms with Crippen molar-refractivity contribution in [2.45, 2.75) is 78.0 Å². The van der Waals surface area contributed by atoms with Crippen LogP contribution in [0.1, 0.15) is 85.3 Å². The van der Waals surface area contributed by atoms with Crippen molar-refractivity contribution in [2.75, 3.05) is 0 Å². The van der Waals surface area contributed by atoms with Gasteiger partial charge in [-0.3, -0.25) is 4.79 Å². The van der Waals surface area contributed by atoms with Gasteiger partial charge in [0.15, 0.2) is 0 Å². The molecule has 0 N–H and O–H groups in total. The number of benzene rings is 2. The van der Waals surface area contributed by atoms with E-state index in [0.717, 1.165) is 35.1 Å². The largest absolute Gasteiger partial charge is 0.488 e. The van der Waals surface area contributed by atoms with Crippen molar-refractivity contribution >= 4 is 5.78 Å². The summed E-state index contributed by atoms with van der Waals surface area (Å²) >= 11 is 0. The zero-order valence-electron chi connectivity index (χ0n) is 18.0. The molecule has 0 heterocycles. The van der Waals surface area contributed by atoms with Crippen molar-refractivity contribution < 1.29 is 22.7 Å². The molecule has 5 heteroatoms. The molecule has 1 saturated carbocycles. The molecule has 30 heavy (non-hydrogen) atoms. The average molecular weight is 418 g/mol. The maximum Gasteiger partial charge on any atom is 0.419 e. The summed E-state index contributed by atoms with van der Waals surface area (Å²) in [5.41, 5.74) is 3.52. The van der Waals surface area contributed by atoms with E-state index >= 15 is 0 Å². The fourth-order valence-corrected chi connectivity index (χ4v) is 4.05. The lowest BCUT2D eigenvalue weighted by Gasteiger charge is -2.21. The summed E-state index contributed by atoms with van der Waals surface area (Å²) in [5, 5.41) is 0. The zero-order valence-corrected chi connectivity index (χ0v) is 18.0. The molecular weight excluding hydrogens is 389 g/mol. The Kier molecular flexibility index (Phi) is 6.59. The SMILES string of the molecule is CCC(=O)C(C)c1cccc(C2CC2)c1COc1cc(C)c(CC)cc1C(F)(F)F. The van der Waals surface area contributed by atoms with E-state index in [0.29, 0.717) is 24.3 Å². The summed E-state index contributed by atoms with van der Waals surface area (Å²) in [6.45, 7) is 7.36. The summed E-state index contributed by atoms with van der Waals surface area (Å²) in [5.74, 6) is 0.0592. The molecule has 0 amide bonds. The highest BCUT2D eigenvalue weighted by Gasteiger charge is 2.35. The summed E-state index contributed by atoms with van der Waals surface area (Å²) in [6.07, 6.45) is -1.42. The Morgan fingerprint density at radius 3 is 2.47 bits per heavy atom. The van der Waals surface area contributed by atoms with Gasteiger partial charge in [0.05, 0.1) is 5.56 Å². The maximum absolute atomic E-state index is 13.7. The lowest BCUT2D eigenvalue weighted by atomic mass is 9.88. The van der Waals surface area contributed by atoms with Gasteiger partial charge in [0.2, 0.25) is 0 Å². The molecule has 3 rings (SSSR count). The molecule has 162 valence electrons. The number of alkyl halides is 3. The summed E-state index contributed by atoms with van der Waals surface area (Å²) < 4.78 is 46.8. The molecule has 2 aromatic rings. The maximum atomic E-state index is 13.7. The Bertz CT molecular complexity index is 927. The number of carbonyl (C=O) groups is 1. The number of ether oxygens (including phenoxy) is 1. The van der Waals surface area contributed by atoms with Gasteiger partial charge in [0, 0.05) is 12.3 Å². The standard InChI is InChI=1S/C25H29F3O2/c1-5-17-13-22(25(26,27)28)24(12-15(17)3)30-14-21-19(16(4)23(29)6-2)8-7-9-20(21)18-10-11-18/h7-9,12-13,16,18H,5-6,10-11,14H2,1-4H3. The highest BCUT2D eigenvalue weighted by molar-refractivity contribution is 5.85. The zero-order chi connectivity index (χ0) is 22.1. The molecule has 1 atom stereocenters. The van der Waals surface area contributed by atoms with Crippen LogP contribution < -0.4 is 4.74 Å². The Morgan fingerprint density at radius 2 is 1.90 bits per heavy atom. The van der Waals surface area contributed by atoms with Crippen LogP contribution in [0.3, 0.4) is 0 Å². The first-order chi connectivity index (χ1) is 14.2. The van der Waals surface area contributed by atoms with Crippen LogP contribution in [-0.2, 0) is 24.0 Å². The normalized spacial score (nSPS) is 15.2. The van der Waals surface area contributed by atoms with E-state index in [1.54, 1.807) is 6.92 Å². The van der Waals surface area contributed by atoms with Crippen LogP contribution in [0.15, 0.2) is 30.3 Å². The van der Waals surface area contributed by atoms with Gasteiger partial charge >= 0.3 is 6.18 Å². The Morgan fingerprint density at radius 1 is 1.20 bits per heavy atom. The Labute approximate surface area is 176 Å². The minimum Gasteiger partial charge on any atom is -0.488 e. The highest BCUT2D eigenvalue weighted by atomic mass is 19.4. The van der Waals surface area contributed by atoms with Gasteiger partial charge in [-0.15, -0.1) is 0 Å². The first-order valence-corrected chi connectivity index (χ1v) is 10.6. The third-order valence-corrected chi connectivity index (χ3v) is 6.06. The van der Waals surface area contributed by atoms with Gasteiger partial charge in [-0.25, -0.2) is 0 Å². The van der Waals surface area contributed by atoms with Gasteiger partial charge in [-0.05, 0) is 72.1 Å². The van der Waals surface area contributed by atoms with Gasteiger partial charge in [0.1, 0.15) is 18.1 Å². The van der Waals surface area contributed by atoms with Crippen LogP contribution in [0, 0.1) is 6.92 Å². The van der Waals surface area contributed by atoms with Gasteiger partial charge in [-0.2, -0.15) is 13.2 Å². The third kappa shape index (κ3) is 4.71. The summed E-state index contributed by atoms with van der Waals surface area (Å²) in [4.78, 5) is 12.3. The van der Waals surface area contributed by atoms with Crippen molar-refractivity contribution in [1.29, 1.82) is 0 Å². The van der Waals surface area contributed by atoms with E-state index < -0.39 is 11.7 Å². The number of Topliss-reactive ketones (excluding diaryl/α,β-unsaturated/α-hetero) is 1. The van der Waals surface area contributed by atoms with Gasteiger partial charge in [-0.1, -0.05) is 39.0 Å². The molecule has 1 fully saturated rings. The van der Waals surface area contributed by atoms with E-state index in [4.69, 9.17) is 4.74 Å². The summed E-state index contributed by atoms with van der Waals surface area (Å²) in [6, 6.07) is 8.54. The van der Waals surface area contributed by atoms with E-state index in [1.165, 1.54) is 12.1 Å². The lowest BCUT2D eigenvalue weighted by Crippen LogP contribution is -2.14. The number of ketones is 1.